The number of hydrazine groups is 1. The SMILES string of the molecule is CC(C)C1CC[C@@H](C)CC1NN. The molecule has 0 spiro atoms. The molecule has 2 heteroatoms. The Morgan fingerprint density at radius 2 is 2.00 bits per heavy atom. The normalized spacial score (nSPS) is 37.2. The maximum Gasteiger partial charge on any atom is 0.0243 e. The third kappa shape index (κ3) is 2.20. The summed E-state index contributed by atoms with van der Waals surface area (Å²) in [6.45, 7) is 6.91. The summed E-state index contributed by atoms with van der Waals surface area (Å²) in [5.41, 5.74) is 2.97. The predicted molar refractivity (Wildman–Crippen MR) is 52.5 cm³/mol. The van der Waals surface area contributed by atoms with E-state index >= 15 is 0 Å². The lowest BCUT2D eigenvalue weighted by Gasteiger charge is -2.36. The molecule has 72 valence electrons. The Morgan fingerprint density at radius 3 is 2.50 bits per heavy atom. The molecule has 0 amide bonds. The molecule has 1 saturated carbocycles. The second-order valence-corrected chi connectivity index (χ2v) is 4.60. The Labute approximate surface area is 75.9 Å². The first-order valence-electron chi connectivity index (χ1n) is 5.11. The third-order valence-electron chi connectivity index (χ3n) is 3.24. The van der Waals surface area contributed by atoms with E-state index in [9.17, 15) is 0 Å². The molecular weight excluding hydrogens is 148 g/mol. The summed E-state index contributed by atoms with van der Waals surface area (Å²) in [6, 6.07) is 0.550. The summed E-state index contributed by atoms with van der Waals surface area (Å²) in [7, 11) is 0. The van der Waals surface area contributed by atoms with Crippen molar-refractivity contribution in [1.29, 1.82) is 0 Å². The summed E-state index contributed by atoms with van der Waals surface area (Å²) in [5.74, 6) is 7.94. The highest BCUT2D eigenvalue weighted by Crippen LogP contribution is 2.32. The van der Waals surface area contributed by atoms with Crippen molar-refractivity contribution in [3.63, 3.8) is 0 Å². The number of hydrogen-bond donors (Lipinski definition) is 2. The van der Waals surface area contributed by atoms with Crippen LogP contribution in [-0.2, 0) is 0 Å². The van der Waals surface area contributed by atoms with Gasteiger partial charge in [0, 0.05) is 6.04 Å². The summed E-state index contributed by atoms with van der Waals surface area (Å²) < 4.78 is 0. The molecule has 0 aromatic carbocycles. The van der Waals surface area contributed by atoms with Crippen LogP contribution in [0.3, 0.4) is 0 Å². The zero-order valence-corrected chi connectivity index (χ0v) is 8.51. The first-order valence-corrected chi connectivity index (χ1v) is 5.11. The van der Waals surface area contributed by atoms with Crippen molar-refractivity contribution in [1.82, 2.24) is 5.43 Å². The smallest absolute Gasteiger partial charge is 0.0243 e. The molecule has 12 heavy (non-hydrogen) atoms. The first-order chi connectivity index (χ1) is 5.65. The van der Waals surface area contributed by atoms with Gasteiger partial charge < -0.3 is 0 Å². The molecular formula is C10H22N2. The number of rotatable bonds is 2. The zero-order chi connectivity index (χ0) is 9.14. The summed E-state index contributed by atoms with van der Waals surface area (Å²) in [6.07, 6.45) is 3.97. The second kappa shape index (κ2) is 4.24. The van der Waals surface area contributed by atoms with E-state index in [4.69, 9.17) is 5.84 Å². The van der Waals surface area contributed by atoms with Gasteiger partial charge in [-0.3, -0.25) is 11.3 Å². The van der Waals surface area contributed by atoms with Crippen LogP contribution < -0.4 is 11.3 Å². The van der Waals surface area contributed by atoms with Gasteiger partial charge in [0.25, 0.3) is 0 Å². The minimum Gasteiger partial charge on any atom is -0.271 e. The van der Waals surface area contributed by atoms with Gasteiger partial charge in [-0.1, -0.05) is 27.2 Å². The molecule has 2 nitrogen and oxygen atoms in total. The van der Waals surface area contributed by atoms with Crippen LogP contribution in [-0.4, -0.2) is 6.04 Å². The predicted octanol–water partition coefficient (Wildman–Crippen LogP) is 1.91. The van der Waals surface area contributed by atoms with Crippen LogP contribution in [0.4, 0.5) is 0 Å². The summed E-state index contributed by atoms with van der Waals surface area (Å²) in [5, 5.41) is 0. The van der Waals surface area contributed by atoms with Gasteiger partial charge >= 0.3 is 0 Å². The quantitative estimate of drug-likeness (QED) is 0.491. The van der Waals surface area contributed by atoms with E-state index in [0.717, 1.165) is 17.8 Å². The van der Waals surface area contributed by atoms with Gasteiger partial charge in [0.05, 0.1) is 0 Å². The molecule has 0 aliphatic heterocycles. The van der Waals surface area contributed by atoms with Gasteiger partial charge in [0.15, 0.2) is 0 Å². The molecule has 0 aromatic heterocycles. The molecule has 3 atom stereocenters. The van der Waals surface area contributed by atoms with Gasteiger partial charge in [-0.25, -0.2) is 0 Å². The van der Waals surface area contributed by atoms with E-state index < -0.39 is 0 Å². The largest absolute Gasteiger partial charge is 0.271 e. The average molecular weight is 170 g/mol. The third-order valence-corrected chi connectivity index (χ3v) is 3.24. The molecule has 1 rings (SSSR count). The van der Waals surface area contributed by atoms with Crippen molar-refractivity contribution in [2.45, 2.75) is 46.1 Å². The molecule has 2 unspecified atom stereocenters. The van der Waals surface area contributed by atoms with E-state index in [1.54, 1.807) is 0 Å². The van der Waals surface area contributed by atoms with Crippen molar-refractivity contribution in [3.05, 3.63) is 0 Å². The highest BCUT2D eigenvalue weighted by Gasteiger charge is 2.29. The molecule has 3 N–H and O–H groups in total. The maximum absolute atomic E-state index is 5.54. The van der Waals surface area contributed by atoms with E-state index in [0.29, 0.717) is 6.04 Å². The van der Waals surface area contributed by atoms with Crippen LogP contribution in [0.25, 0.3) is 0 Å². The highest BCUT2D eigenvalue weighted by atomic mass is 15.2. The molecule has 0 saturated heterocycles. The Hall–Kier alpha value is -0.0800. The van der Waals surface area contributed by atoms with Gasteiger partial charge in [-0.05, 0) is 30.6 Å². The second-order valence-electron chi connectivity index (χ2n) is 4.60. The summed E-state index contributed by atoms with van der Waals surface area (Å²) in [4.78, 5) is 0. The van der Waals surface area contributed by atoms with Crippen LogP contribution in [0, 0.1) is 17.8 Å². The Bertz CT molecular complexity index is 134. The van der Waals surface area contributed by atoms with Crippen LogP contribution in [0.1, 0.15) is 40.0 Å². The number of nitrogens with two attached hydrogens (primary N) is 1. The maximum atomic E-state index is 5.54. The highest BCUT2D eigenvalue weighted by molar-refractivity contribution is 4.83. The molecule has 1 fully saturated rings. The number of hydrogen-bond acceptors (Lipinski definition) is 2. The molecule has 0 aromatic rings. The van der Waals surface area contributed by atoms with Gasteiger partial charge in [-0.15, -0.1) is 0 Å². The molecule has 0 bridgehead atoms. The van der Waals surface area contributed by atoms with Crippen LogP contribution >= 0.6 is 0 Å². The lowest BCUT2D eigenvalue weighted by Crippen LogP contribution is -2.46. The minimum atomic E-state index is 0.550. The zero-order valence-electron chi connectivity index (χ0n) is 8.51. The minimum absolute atomic E-state index is 0.550. The van der Waals surface area contributed by atoms with Crippen molar-refractivity contribution < 1.29 is 0 Å². The van der Waals surface area contributed by atoms with Gasteiger partial charge in [-0.2, -0.15) is 0 Å². The fourth-order valence-corrected chi connectivity index (χ4v) is 2.39. The van der Waals surface area contributed by atoms with Gasteiger partial charge in [0.2, 0.25) is 0 Å². The van der Waals surface area contributed by atoms with Crippen molar-refractivity contribution in [2.24, 2.45) is 23.6 Å². The molecule has 0 heterocycles. The van der Waals surface area contributed by atoms with Crippen LogP contribution in [0.15, 0.2) is 0 Å². The van der Waals surface area contributed by atoms with E-state index in [1.165, 1.54) is 19.3 Å². The van der Waals surface area contributed by atoms with Crippen molar-refractivity contribution >= 4 is 0 Å². The Balaban J connectivity index is 2.50. The topological polar surface area (TPSA) is 38.0 Å². The van der Waals surface area contributed by atoms with Crippen molar-refractivity contribution in [2.75, 3.05) is 0 Å². The van der Waals surface area contributed by atoms with Crippen LogP contribution in [0.5, 0.6) is 0 Å². The Morgan fingerprint density at radius 1 is 1.33 bits per heavy atom. The van der Waals surface area contributed by atoms with Gasteiger partial charge in [0.1, 0.15) is 0 Å². The monoisotopic (exact) mass is 170 g/mol. The fourth-order valence-electron chi connectivity index (χ4n) is 2.39. The molecule has 1 aliphatic rings. The first kappa shape index (κ1) is 10.0. The van der Waals surface area contributed by atoms with Crippen molar-refractivity contribution in [3.8, 4) is 0 Å². The lowest BCUT2D eigenvalue weighted by molar-refractivity contribution is 0.171. The summed E-state index contributed by atoms with van der Waals surface area (Å²) >= 11 is 0. The molecule has 1 aliphatic carbocycles. The fraction of sp³-hybridized carbons (Fsp3) is 1.00. The van der Waals surface area contributed by atoms with E-state index in [-0.39, 0.29) is 0 Å². The standard InChI is InChI=1S/C10H22N2/c1-7(2)9-5-4-8(3)6-10(9)12-11/h7-10,12H,4-6,11H2,1-3H3/t8-,9?,10?/m1/s1. The lowest BCUT2D eigenvalue weighted by atomic mass is 9.74. The Kier molecular flexibility index (Phi) is 3.53. The van der Waals surface area contributed by atoms with E-state index in [2.05, 4.69) is 26.2 Å². The van der Waals surface area contributed by atoms with E-state index in [1.807, 2.05) is 0 Å². The molecule has 0 radical (unpaired) electrons. The number of nitrogens with one attached hydrogen (secondary N) is 1. The van der Waals surface area contributed by atoms with Crippen LogP contribution in [0.2, 0.25) is 0 Å². The average Bonchev–Trinajstić information content (AvgIpc) is 2.03.